The highest BCUT2D eigenvalue weighted by Crippen LogP contribution is 2.18. The van der Waals surface area contributed by atoms with E-state index in [-0.39, 0.29) is 17.3 Å². The zero-order chi connectivity index (χ0) is 14.5. The maximum Gasteiger partial charge on any atom is 0.387 e. The van der Waals surface area contributed by atoms with Crippen molar-refractivity contribution in [1.82, 2.24) is 9.97 Å². The number of halogens is 2. The number of nitrogen functional groups attached to an aromatic ring is 1. The van der Waals surface area contributed by atoms with E-state index in [2.05, 4.69) is 20.0 Å². The van der Waals surface area contributed by atoms with Crippen LogP contribution in [0, 0.1) is 0 Å². The van der Waals surface area contributed by atoms with Crippen LogP contribution in [-0.4, -0.2) is 22.5 Å². The summed E-state index contributed by atoms with van der Waals surface area (Å²) in [5, 5.41) is 2.52. The van der Waals surface area contributed by atoms with Crippen molar-refractivity contribution in [3.63, 3.8) is 0 Å². The Morgan fingerprint density at radius 1 is 1.20 bits per heavy atom. The molecule has 0 unspecified atom stereocenters. The first-order valence-corrected chi connectivity index (χ1v) is 5.49. The average Bonchev–Trinajstić information content (AvgIpc) is 2.41. The molecular formula is C12H10F2N4O2. The SMILES string of the molecule is Nc1nccnc1C(=O)Nc1ccc(OC(F)F)cc1. The first-order valence-electron chi connectivity index (χ1n) is 5.49. The number of anilines is 2. The van der Waals surface area contributed by atoms with E-state index in [1.165, 1.54) is 36.7 Å². The fourth-order valence-electron chi connectivity index (χ4n) is 1.43. The normalized spacial score (nSPS) is 10.3. The number of alkyl halides is 2. The number of hydrogen-bond donors (Lipinski definition) is 2. The number of nitrogens with one attached hydrogen (secondary N) is 1. The van der Waals surface area contributed by atoms with E-state index < -0.39 is 12.5 Å². The topological polar surface area (TPSA) is 90.1 Å². The number of hydrogen-bond acceptors (Lipinski definition) is 5. The Labute approximate surface area is 112 Å². The van der Waals surface area contributed by atoms with Crippen molar-refractivity contribution < 1.29 is 18.3 Å². The molecule has 2 rings (SSSR count). The molecule has 0 radical (unpaired) electrons. The second-order valence-corrected chi connectivity index (χ2v) is 3.65. The van der Waals surface area contributed by atoms with Gasteiger partial charge in [-0.05, 0) is 24.3 Å². The summed E-state index contributed by atoms with van der Waals surface area (Å²) < 4.78 is 28.1. The second kappa shape index (κ2) is 5.91. The van der Waals surface area contributed by atoms with Crippen molar-refractivity contribution >= 4 is 17.4 Å². The maximum absolute atomic E-state index is 12.0. The molecule has 6 nitrogen and oxygen atoms in total. The number of nitrogens with zero attached hydrogens (tertiary/aromatic N) is 2. The van der Waals surface area contributed by atoms with Crippen LogP contribution in [0.4, 0.5) is 20.3 Å². The van der Waals surface area contributed by atoms with Crippen LogP contribution in [0.3, 0.4) is 0 Å². The molecule has 1 amide bonds. The molecule has 0 bridgehead atoms. The number of nitrogens with two attached hydrogens (primary N) is 1. The molecule has 0 aliphatic heterocycles. The summed E-state index contributed by atoms with van der Waals surface area (Å²) in [5.41, 5.74) is 5.89. The Kier molecular flexibility index (Phi) is 4.04. The van der Waals surface area contributed by atoms with Gasteiger partial charge in [0.1, 0.15) is 5.75 Å². The molecule has 0 saturated heterocycles. The number of benzene rings is 1. The standard InChI is InChI=1S/C12H10F2N4O2/c13-12(14)20-8-3-1-7(2-4-8)18-11(19)9-10(15)17-6-5-16-9/h1-6,12H,(H2,15,17)(H,18,19). The van der Waals surface area contributed by atoms with Gasteiger partial charge in [0.2, 0.25) is 0 Å². The summed E-state index contributed by atoms with van der Waals surface area (Å²) in [6.07, 6.45) is 2.70. The molecule has 1 heterocycles. The van der Waals surface area contributed by atoms with E-state index in [0.29, 0.717) is 5.69 Å². The van der Waals surface area contributed by atoms with Gasteiger partial charge in [0, 0.05) is 18.1 Å². The zero-order valence-corrected chi connectivity index (χ0v) is 10.1. The number of aromatic nitrogens is 2. The molecule has 3 N–H and O–H groups in total. The van der Waals surface area contributed by atoms with Gasteiger partial charge >= 0.3 is 6.61 Å². The van der Waals surface area contributed by atoms with Crippen LogP contribution in [0.15, 0.2) is 36.7 Å². The van der Waals surface area contributed by atoms with Gasteiger partial charge in [0.05, 0.1) is 0 Å². The van der Waals surface area contributed by atoms with Gasteiger partial charge in [-0.25, -0.2) is 9.97 Å². The van der Waals surface area contributed by atoms with Gasteiger partial charge in [-0.2, -0.15) is 8.78 Å². The molecule has 1 aromatic heterocycles. The highest BCUT2D eigenvalue weighted by atomic mass is 19.3. The van der Waals surface area contributed by atoms with Crippen LogP contribution in [0.5, 0.6) is 5.75 Å². The second-order valence-electron chi connectivity index (χ2n) is 3.65. The molecule has 0 spiro atoms. The smallest absolute Gasteiger partial charge is 0.387 e. The lowest BCUT2D eigenvalue weighted by Gasteiger charge is -2.07. The Morgan fingerprint density at radius 2 is 1.85 bits per heavy atom. The first-order chi connectivity index (χ1) is 9.56. The minimum atomic E-state index is -2.89. The highest BCUT2D eigenvalue weighted by Gasteiger charge is 2.12. The van der Waals surface area contributed by atoms with E-state index in [0.717, 1.165) is 0 Å². The molecule has 20 heavy (non-hydrogen) atoms. The number of ether oxygens (including phenoxy) is 1. The van der Waals surface area contributed by atoms with E-state index in [1.807, 2.05) is 0 Å². The molecule has 0 aliphatic rings. The Bertz CT molecular complexity index is 605. The minimum absolute atomic E-state index is 0.00246. The molecule has 1 aromatic carbocycles. The van der Waals surface area contributed by atoms with Crippen molar-refractivity contribution in [3.8, 4) is 5.75 Å². The fraction of sp³-hybridized carbons (Fsp3) is 0.0833. The minimum Gasteiger partial charge on any atom is -0.435 e. The van der Waals surface area contributed by atoms with Crippen molar-refractivity contribution in [2.75, 3.05) is 11.1 Å². The Morgan fingerprint density at radius 3 is 2.45 bits per heavy atom. The van der Waals surface area contributed by atoms with Gasteiger partial charge in [0.15, 0.2) is 11.5 Å². The molecular weight excluding hydrogens is 270 g/mol. The van der Waals surface area contributed by atoms with Crippen molar-refractivity contribution in [1.29, 1.82) is 0 Å². The van der Waals surface area contributed by atoms with Crippen LogP contribution >= 0.6 is 0 Å². The lowest BCUT2D eigenvalue weighted by Crippen LogP contribution is -2.16. The number of rotatable bonds is 4. The van der Waals surface area contributed by atoms with Crippen molar-refractivity contribution in [2.24, 2.45) is 0 Å². The largest absolute Gasteiger partial charge is 0.435 e. The van der Waals surface area contributed by atoms with E-state index in [1.54, 1.807) is 0 Å². The Hall–Kier alpha value is -2.77. The van der Waals surface area contributed by atoms with E-state index in [9.17, 15) is 13.6 Å². The number of carbonyl (C=O) groups excluding carboxylic acids is 1. The van der Waals surface area contributed by atoms with Gasteiger partial charge in [-0.3, -0.25) is 4.79 Å². The molecule has 8 heteroatoms. The van der Waals surface area contributed by atoms with Crippen molar-refractivity contribution in [3.05, 3.63) is 42.4 Å². The van der Waals surface area contributed by atoms with Gasteiger partial charge in [0.25, 0.3) is 5.91 Å². The summed E-state index contributed by atoms with van der Waals surface area (Å²) in [6, 6.07) is 5.45. The van der Waals surface area contributed by atoms with Crippen LogP contribution in [-0.2, 0) is 0 Å². The third-order valence-corrected chi connectivity index (χ3v) is 2.28. The van der Waals surface area contributed by atoms with E-state index >= 15 is 0 Å². The third kappa shape index (κ3) is 3.37. The lowest BCUT2D eigenvalue weighted by atomic mass is 10.3. The maximum atomic E-state index is 12.0. The van der Waals surface area contributed by atoms with Crippen LogP contribution in [0.25, 0.3) is 0 Å². The van der Waals surface area contributed by atoms with Crippen LogP contribution in [0.2, 0.25) is 0 Å². The molecule has 0 saturated carbocycles. The predicted molar refractivity (Wildman–Crippen MR) is 67.5 cm³/mol. The van der Waals surface area contributed by atoms with Gasteiger partial charge < -0.3 is 15.8 Å². The molecule has 0 aliphatic carbocycles. The van der Waals surface area contributed by atoms with Crippen molar-refractivity contribution in [2.45, 2.75) is 6.61 Å². The van der Waals surface area contributed by atoms with Gasteiger partial charge in [-0.15, -0.1) is 0 Å². The summed E-state index contributed by atoms with van der Waals surface area (Å²) in [4.78, 5) is 19.4. The quantitative estimate of drug-likeness (QED) is 0.892. The van der Waals surface area contributed by atoms with Crippen LogP contribution < -0.4 is 15.8 Å². The molecule has 104 valence electrons. The van der Waals surface area contributed by atoms with Crippen LogP contribution in [0.1, 0.15) is 10.5 Å². The first kappa shape index (κ1) is 13.7. The fourth-order valence-corrected chi connectivity index (χ4v) is 1.43. The zero-order valence-electron chi connectivity index (χ0n) is 10.1. The molecule has 0 atom stereocenters. The number of carbonyl (C=O) groups is 1. The number of amides is 1. The molecule has 2 aromatic rings. The summed E-state index contributed by atoms with van der Waals surface area (Å²) >= 11 is 0. The van der Waals surface area contributed by atoms with E-state index in [4.69, 9.17) is 5.73 Å². The predicted octanol–water partition coefficient (Wildman–Crippen LogP) is 1.91. The average molecular weight is 280 g/mol. The summed E-state index contributed by atoms with van der Waals surface area (Å²) in [7, 11) is 0. The molecule has 0 fully saturated rings. The monoisotopic (exact) mass is 280 g/mol. The highest BCUT2D eigenvalue weighted by molar-refractivity contribution is 6.05. The Balaban J connectivity index is 2.07. The van der Waals surface area contributed by atoms with Gasteiger partial charge in [-0.1, -0.05) is 0 Å². The third-order valence-electron chi connectivity index (χ3n) is 2.28. The summed E-state index contributed by atoms with van der Waals surface area (Å²) in [6.45, 7) is -2.89. The lowest BCUT2D eigenvalue weighted by molar-refractivity contribution is -0.0498. The summed E-state index contributed by atoms with van der Waals surface area (Å²) in [5.74, 6) is -0.544.